The highest BCUT2D eigenvalue weighted by Gasteiger charge is 2.36. The third kappa shape index (κ3) is 3.48. The molecule has 0 aromatic carbocycles. The summed E-state index contributed by atoms with van der Waals surface area (Å²) in [6.07, 6.45) is -1.17. The highest BCUT2D eigenvalue weighted by Crippen LogP contribution is 2.20. The molecule has 2 rings (SSSR count). The van der Waals surface area contributed by atoms with Crippen LogP contribution in [0.4, 0.5) is 9.59 Å². The van der Waals surface area contributed by atoms with Gasteiger partial charge in [-0.25, -0.2) is 19.2 Å². The van der Waals surface area contributed by atoms with E-state index in [0.717, 1.165) is 0 Å². The first-order chi connectivity index (χ1) is 11.2. The van der Waals surface area contributed by atoms with Crippen LogP contribution in [0, 0.1) is 0 Å². The molecule has 2 unspecified atom stereocenters. The Kier molecular flexibility index (Phi) is 4.48. The molecule has 6 N–H and O–H groups in total. The minimum absolute atomic E-state index is 0.586. The maximum atomic E-state index is 11.5. The highest BCUT2D eigenvalue weighted by molar-refractivity contribution is 6.07. The van der Waals surface area contributed by atoms with Crippen molar-refractivity contribution in [3.8, 4) is 0 Å². The fourth-order valence-corrected chi connectivity index (χ4v) is 2.29. The van der Waals surface area contributed by atoms with E-state index in [2.05, 4.69) is 10.6 Å². The Balaban J connectivity index is 2.30. The standard InChI is InChI=1S/C12H12N4O8/c17-7-5(13-11(23)15-7)1-3(9(19)20)4(10(21)22)2-6-8(18)16-12(24)14-6/h5-6H,1-2H2,(H,19,20)(H,21,22)(H2,13,15,17,23)(H2,14,16,18,24). The Labute approximate surface area is 133 Å². The van der Waals surface area contributed by atoms with E-state index in [-0.39, 0.29) is 0 Å². The van der Waals surface area contributed by atoms with Crippen molar-refractivity contribution in [2.45, 2.75) is 24.9 Å². The number of rotatable bonds is 6. The summed E-state index contributed by atoms with van der Waals surface area (Å²) in [5, 5.41) is 26.6. The van der Waals surface area contributed by atoms with E-state index in [4.69, 9.17) is 0 Å². The molecule has 0 aliphatic carbocycles. The van der Waals surface area contributed by atoms with E-state index in [9.17, 15) is 39.0 Å². The minimum Gasteiger partial charge on any atom is -0.478 e. The average Bonchev–Trinajstić information content (AvgIpc) is 2.94. The van der Waals surface area contributed by atoms with E-state index in [1.54, 1.807) is 0 Å². The molecule has 0 aromatic heterocycles. The van der Waals surface area contributed by atoms with Crippen molar-refractivity contribution >= 4 is 35.8 Å². The molecule has 128 valence electrons. The van der Waals surface area contributed by atoms with Gasteiger partial charge >= 0.3 is 24.0 Å². The molecule has 24 heavy (non-hydrogen) atoms. The first-order valence-corrected chi connectivity index (χ1v) is 6.60. The monoisotopic (exact) mass is 340 g/mol. The van der Waals surface area contributed by atoms with Gasteiger partial charge in [0, 0.05) is 12.8 Å². The number of carbonyl (C=O) groups excluding carboxylic acids is 4. The van der Waals surface area contributed by atoms with Crippen LogP contribution in [0.25, 0.3) is 0 Å². The van der Waals surface area contributed by atoms with Crippen molar-refractivity contribution in [3.63, 3.8) is 0 Å². The second kappa shape index (κ2) is 6.36. The second-order valence-corrected chi connectivity index (χ2v) is 5.01. The molecular formula is C12H12N4O8. The summed E-state index contributed by atoms with van der Waals surface area (Å²) in [6.45, 7) is 0. The SMILES string of the molecule is O=C1NC(=O)C(CC(C(=O)O)=C(CC2NC(=O)NC2=O)C(=O)O)N1. The molecule has 12 nitrogen and oxygen atoms in total. The Bertz CT molecular complexity index is 639. The molecule has 12 heteroatoms. The third-order valence-corrected chi connectivity index (χ3v) is 3.41. The zero-order valence-corrected chi connectivity index (χ0v) is 11.9. The summed E-state index contributed by atoms with van der Waals surface area (Å²) >= 11 is 0. The summed E-state index contributed by atoms with van der Waals surface area (Å²) in [6, 6.07) is -4.14. The number of aliphatic carboxylic acids is 2. The maximum absolute atomic E-state index is 11.5. The van der Waals surface area contributed by atoms with Crippen molar-refractivity contribution in [2.75, 3.05) is 0 Å². The smallest absolute Gasteiger partial charge is 0.332 e. The number of carboxylic acids is 2. The average molecular weight is 340 g/mol. The first-order valence-electron chi connectivity index (χ1n) is 6.60. The van der Waals surface area contributed by atoms with Crippen molar-refractivity contribution < 1.29 is 39.0 Å². The number of hydrogen-bond acceptors (Lipinski definition) is 6. The van der Waals surface area contributed by atoms with Crippen molar-refractivity contribution in [3.05, 3.63) is 11.1 Å². The van der Waals surface area contributed by atoms with Gasteiger partial charge in [0.15, 0.2) is 0 Å². The Hall–Kier alpha value is -3.44. The molecule has 0 radical (unpaired) electrons. The third-order valence-electron chi connectivity index (χ3n) is 3.41. The lowest BCUT2D eigenvalue weighted by molar-refractivity contribution is -0.136. The van der Waals surface area contributed by atoms with Gasteiger partial charge in [-0.15, -0.1) is 0 Å². The lowest BCUT2D eigenvalue weighted by Gasteiger charge is -2.14. The van der Waals surface area contributed by atoms with Crippen LogP contribution in [0.3, 0.4) is 0 Å². The summed E-state index contributed by atoms with van der Waals surface area (Å²) in [5.74, 6) is -4.83. The Morgan fingerprint density at radius 1 is 0.750 bits per heavy atom. The fraction of sp³-hybridized carbons (Fsp3) is 0.333. The molecule has 0 spiro atoms. The topological polar surface area (TPSA) is 191 Å². The molecule has 2 heterocycles. The van der Waals surface area contributed by atoms with Gasteiger partial charge in [-0.2, -0.15) is 0 Å². The molecule has 2 atom stereocenters. The quantitative estimate of drug-likeness (QED) is 0.228. The fourth-order valence-electron chi connectivity index (χ4n) is 2.29. The van der Waals surface area contributed by atoms with Crippen LogP contribution in [0.1, 0.15) is 12.8 Å². The molecule has 2 aliphatic rings. The number of carboxylic acid groups (broad SMARTS) is 2. The zero-order valence-electron chi connectivity index (χ0n) is 11.9. The van der Waals surface area contributed by atoms with Gasteiger partial charge in [-0.3, -0.25) is 20.2 Å². The van der Waals surface area contributed by atoms with Gasteiger partial charge in [0.05, 0.1) is 11.1 Å². The van der Waals surface area contributed by atoms with Crippen molar-refractivity contribution in [1.82, 2.24) is 21.3 Å². The number of amides is 6. The molecule has 2 fully saturated rings. The molecule has 0 bridgehead atoms. The minimum atomic E-state index is -1.62. The second-order valence-electron chi connectivity index (χ2n) is 5.01. The Morgan fingerprint density at radius 2 is 1.08 bits per heavy atom. The van der Waals surface area contributed by atoms with Gasteiger partial charge in [-0.05, 0) is 0 Å². The molecule has 0 saturated carbocycles. The highest BCUT2D eigenvalue weighted by atomic mass is 16.4. The van der Waals surface area contributed by atoms with Crippen LogP contribution in [-0.2, 0) is 19.2 Å². The predicted molar refractivity (Wildman–Crippen MR) is 72.5 cm³/mol. The number of nitrogens with one attached hydrogen (secondary N) is 4. The van der Waals surface area contributed by atoms with Crippen LogP contribution in [0.5, 0.6) is 0 Å². The lowest BCUT2D eigenvalue weighted by atomic mass is 9.95. The summed E-state index contributed by atoms with van der Waals surface area (Å²) in [4.78, 5) is 67.9. The summed E-state index contributed by atoms with van der Waals surface area (Å²) < 4.78 is 0. The molecule has 2 aliphatic heterocycles. The van der Waals surface area contributed by atoms with E-state index >= 15 is 0 Å². The molecule has 0 aromatic rings. The summed E-state index contributed by atoms with van der Waals surface area (Å²) in [7, 11) is 0. The molecular weight excluding hydrogens is 328 g/mol. The Morgan fingerprint density at radius 3 is 1.29 bits per heavy atom. The largest absolute Gasteiger partial charge is 0.478 e. The van der Waals surface area contributed by atoms with Gasteiger partial charge in [0.25, 0.3) is 11.8 Å². The van der Waals surface area contributed by atoms with E-state index < -0.39 is 71.9 Å². The predicted octanol–water partition coefficient (Wildman–Crippen LogP) is -2.35. The van der Waals surface area contributed by atoms with E-state index in [1.807, 2.05) is 10.6 Å². The van der Waals surface area contributed by atoms with Crippen molar-refractivity contribution in [2.24, 2.45) is 0 Å². The van der Waals surface area contributed by atoms with Crippen LogP contribution >= 0.6 is 0 Å². The van der Waals surface area contributed by atoms with E-state index in [1.165, 1.54) is 0 Å². The van der Waals surface area contributed by atoms with Crippen molar-refractivity contribution in [1.29, 1.82) is 0 Å². The maximum Gasteiger partial charge on any atom is 0.332 e. The molecule has 6 amide bonds. The number of carbonyl (C=O) groups is 6. The number of urea groups is 2. The number of imide groups is 2. The molecule has 2 saturated heterocycles. The van der Waals surface area contributed by atoms with Gasteiger partial charge in [-0.1, -0.05) is 0 Å². The lowest BCUT2D eigenvalue weighted by Crippen LogP contribution is -2.34. The normalized spacial score (nSPS) is 23.8. The van der Waals surface area contributed by atoms with Crippen LogP contribution in [0.15, 0.2) is 11.1 Å². The number of hydrogen-bond donors (Lipinski definition) is 6. The summed E-state index contributed by atoms with van der Waals surface area (Å²) in [5.41, 5.74) is -1.31. The van der Waals surface area contributed by atoms with Gasteiger partial charge in [0.2, 0.25) is 0 Å². The van der Waals surface area contributed by atoms with Crippen LogP contribution in [-0.4, -0.2) is 58.1 Å². The van der Waals surface area contributed by atoms with Gasteiger partial charge in [0.1, 0.15) is 12.1 Å². The van der Waals surface area contributed by atoms with E-state index in [0.29, 0.717) is 0 Å². The zero-order chi connectivity index (χ0) is 18.0. The first kappa shape index (κ1) is 16.9. The van der Waals surface area contributed by atoms with Gasteiger partial charge < -0.3 is 20.8 Å². The van der Waals surface area contributed by atoms with Crippen LogP contribution in [0.2, 0.25) is 0 Å². The van der Waals surface area contributed by atoms with Crippen LogP contribution < -0.4 is 21.3 Å².